The molecule has 258 valence electrons. The second-order valence-corrected chi connectivity index (χ2v) is 14.6. The lowest BCUT2D eigenvalue weighted by Gasteiger charge is -2.13. The third kappa shape index (κ3) is 6.19. The first-order valence-corrected chi connectivity index (χ1v) is 19.3. The lowest BCUT2D eigenvalue weighted by molar-refractivity contribution is 1.18. The number of thiophene rings is 1. The minimum atomic E-state index is 0.702. The van der Waals surface area contributed by atoms with Gasteiger partial charge in [-0.1, -0.05) is 176 Å². The number of fused-ring (bicyclic) bond motifs is 3. The fraction of sp³-hybridized carbons (Fsp3) is 0. The number of hydrogen-bond donors (Lipinski definition) is 0. The van der Waals surface area contributed by atoms with E-state index < -0.39 is 0 Å². The van der Waals surface area contributed by atoms with Crippen LogP contribution in [0.4, 0.5) is 0 Å². The summed E-state index contributed by atoms with van der Waals surface area (Å²) in [7, 11) is 0. The minimum Gasteiger partial charge on any atom is -0.247 e. The van der Waals surface area contributed by atoms with E-state index in [1.165, 1.54) is 31.7 Å². The molecule has 0 saturated carbocycles. The zero-order chi connectivity index (χ0) is 36.6. The molecule has 0 aliphatic rings. The summed E-state index contributed by atoms with van der Waals surface area (Å²) in [6.07, 6.45) is 0. The van der Waals surface area contributed by atoms with Crippen LogP contribution in [0.15, 0.2) is 200 Å². The zero-order valence-corrected chi connectivity index (χ0v) is 30.6. The fourth-order valence-corrected chi connectivity index (χ4v) is 8.80. The summed E-state index contributed by atoms with van der Waals surface area (Å²) < 4.78 is 1.23. The van der Waals surface area contributed by atoms with Crippen LogP contribution in [0.2, 0.25) is 0 Å². The van der Waals surface area contributed by atoms with Gasteiger partial charge in [0.05, 0.1) is 22.6 Å². The molecule has 0 fully saturated rings. The predicted molar refractivity (Wildman–Crippen MR) is 231 cm³/mol. The second kappa shape index (κ2) is 14.1. The van der Waals surface area contributed by atoms with Crippen LogP contribution >= 0.6 is 11.3 Å². The Balaban J connectivity index is 1.24. The number of hydrogen-bond acceptors (Lipinski definition) is 4. The molecule has 0 bridgehead atoms. The van der Waals surface area contributed by atoms with Crippen molar-refractivity contribution < 1.29 is 0 Å². The number of benzene rings is 7. The molecule has 7 aromatic carbocycles. The van der Waals surface area contributed by atoms with Crippen LogP contribution in [0.3, 0.4) is 0 Å². The summed E-state index contributed by atoms with van der Waals surface area (Å²) >= 11 is 1.84. The highest BCUT2D eigenvalue weighted by Gasteiger charge is 2.23. The Hall–Kier alpha value is -7.01. The summed E-state index contributed by atoms with van der Waals surface area (Å²) in [6.45, 7) is 0. The quantitative estimate of drug-likeness (QED) is 0.165. The average Bonchev–Trinajstić information content (AvgIpc) is 3.69. The molecule has 0 spiro atoms. The van der Waals surface area contributed by atoms with Crippen molar-refractivity contribution in [3.8, 4) is 77.9 Å². The lowest BCUT2D eigenvalue weighted by Crippen LogP contribution is -1.96. The van der Waals surface area contributed by atoms with Gasteiger partial charge in [0.15, 0.2) is 5.82 Å². The molecule has 0 saturated heterocycles. The Morgan fingerprint density at radius 3 is 1.56 bits per heavy atom. The van der Waals surface area contributed by atoms with E-state index in [2.05, 4.69) is 176 Å². The van der Waals surface area contributed by atoms with E-state index in [4.69, 9.17) is 15.0 Å². The standard InChI is InChI=1S/C51H33N3S/c1-5-17-34(18-6-1)38-25-15-27-40(31-38)46-47-48(36-21-9-3-10-22-36)52-43-30-14-13-29-42(43)50(47)55-49(46)41-28-16-26-39(32-41)45-33-44(35-19-7-2-8-20-35)53-51(54-45)37-23-11-4-12-24-37/h1-33H. The minimum absolute atomic E-state index is 0.702. The maximum atomic E-state index is 5.38. The highest BCUT2D eigenvalue weighted by molar-refractivity contribution is 7.24. The molecule has 0 aliphatic carbocycles. The number of nitrogens with zero attached hydrogens (tertiary/aromatic N) is 3. The highest BCUT2D eigenvalue weighted by Crippen LogP contribution is 2.50. The van der Waals surface area contributed by atoms with Crippen LogP contribution < -0.4 is 0 Å². The van der Waals surface area contributed by atoms with E-state index in [0.29, 0.717) is 5.82 Å². The first-order valence-electron chi connectivity index (χ1n) is 18.4. The number of aromatic nitrogens is 3. The van der Waals surface area contributed by atoms with Crippen molar-refractivity contribution in [3.63, 3.8) is 0 Å². The molecule has 0 N–H and O–H groups in total. The zero-order valence-electron chi connectivity index (χ0n) is 29.8. The smallest absolute Gasteiger partial charge is 0.160 e. The van der Waals surface area contributed by atoms with Gasteiger partial charge in [-0.25, -0.2) is 15.0 Å². The van der Waals surface area contributed by atoms with E-state index in [-0.39, 0.29) is 0 Å². The van der Waals surface area contributed by atoms with E-state index in [1.54, 1.807) is 0 Å². The van der Waals surface area contributed by atoms with Gasteiger partial charge in [0, 0.05) is 48.2 Å². The van der Waals surface area contributed by atoms with Gasteiger partial charge >= 0.3 is 0 Å². The molecule has 10 rings (SSSR count). The molecule has 4 heteroatoms. The molecule has 3 nitrogen and oxygen atoms in total. The molecule has 0 amide bonds. The summed E-state index contributed by atoms with van der Waals surface area (Å²) in [5.41, 5.74) is 13.7. The summed E-state index contributed by atoms with van der Waals surface area (Å²) in [5, 5.41) is 2.32. The molecular weight excluding hydrogens is 687 g/mol. The monoisotopic (exact) mass is 719 g/mol. The SMILES string of the molecule is c1ccc(-c2cccc(-c3c(-c4cccc(-c5cc(-c6ccccc6)nc(-c6ccccc6)n5)c4)sc4c3c(-c3ccccc3)nc3ccccc34)c2)cc1. The number of rotatable bonds is 7. The first-order chi connectivity index (χ1) is 27.3. The Bertz CT molecular complexity index is 2900. The molecule has 0 radical (unpaired) electrons. The second-order valence-electron chi connectivity index (χ2n) is 13.6. The van der Waals surface area contributed by atoms with Crippen molar-refractivity contribution in [1.82, 2.24) is 15.0 Å². The predicted octanol–water partition coefficient (Wildman–Crippen LogP) is 13.9. The van der Waals surface area contributed by atoms with Gasteiger partial charge in [-0.3, -0.25) is 0 Å². The van der Waals surface area contributed by atoms with Crippen LogP contribution in [0.5, 0.6) is 0 Å². The molecule has 0 atom stereocenters. The Morgan fingerprint density at radius 2 is 0.855 bits per heavy atom. The maximum Gasteiger partial charge on any atom is 0.160 e. The third-order valence-corrected chi connectivity index (χ3v) is 11.4. The van der Waals surface area contributed by atoms with E-state index in [9.17, 15) is 0 Å². The van der Waals surface area contributed by atoms with Gasteiger partial charge < -0.3 is 0 Å². The lowest BCUT2D eigenvalue weighted by atomic mass is 9.92. The molecular formula is C51H33N3S. The molecule has 3 heterocycles. The van der Waals surface area contributed by atoms with Gasteiger partial charge in [0.1, 0.15) is 0 Å². The average molecular weight is 720 g/mol. The Labute approximate surface area is 323 Å². The van der Waals surface area contributed by atoms with Gasteiger partial charge in [-0.15, -0.1) is 11.3 Å². The van der Waals surface area contributed by atoms with Gasteiger partial charge in [-0.2, -0.15) is 0 Å². The number of para-hydroxylation sites is 1. The summed E-state index contributed by atoms with van der Waals surface area (Å²) in [5.74, 6) is 0.702. The molecule has 0 aliphatic heterocycles. The summed E-state index contributed by atoms with van der Waals surface area (Å²) in [4.78, 5) is 16.8. The molecule has 0 unspecified atom stereocenters. The third-order valence-electron chi connectivity index (χ3n) is 10.1. The van der Waals surface area contributed by atoms with Crippen molar-refractivity contribution >= 4 is 32.3 Å². The van der Waals surface area contributed by atoms with E-state index in [1.807, 2.05) is 35.6 Å². The fourth-order valence-electron chi connectivity index (χ4n) is 7.44. The van der Waals surface area contributed by atoms with Crippen LogP contribution in [0, 0.1) is 0 Å². The Kier molecular flexibility index (Phi) is 8.36. The van der Waals surface area contributed by atoms with Crippen molar-refractivity contribution in [3.05, 3.63) is 200 Å². The molecule has 55 heavy (non-hydrogen) atoms. The normalized spacial score (nSPS) is 11.3. The van der Waals surface area contributed by atoms with Gasteiger partial charge in [0.2, 0.25) is 0 Å². The van der Waals surface area contributed by atoms with Crippen LogP contribution in [-0.4, -0.2) is 15.0 Å². The van der Waals surface area contributed by atoms with Crippen LogP contribution in [0.25, 0.3) is 98.8 Å². The molecule has 3 aromatic heterocycles. The Morgan fingerprint density at radius 1 is 0.345 bits per heavy atom. The van der Waals surface area contributed by atoms with Crippen molar-refractivity contribution in [2.45, 2.75) is 0 Å². The van der Waals surface area contributed by atoms with Crippen molar-refractivity contribution in [1.29, 1.82) is 0 Å². The van der Waals surface area contributed by atoms with Gasteiger partial charge in [-0.05, 0) is 46.5 Å². The largest absolute Gasteiger partial charge is 0.247 e. The van der Waals surface area contributed by atoms with Crippen molar-refractivity contribution in [2.24, 2.45) is 0 Å². The molecule has 10 aromatic rings. The highest BCUT2D eigenvalue weighted by atomic mass is 32.1. The van der Waals surface area contributed by atoms with Crippen LogP contribution in [-0.2, 0) is 0 Å². The topological polar surface area (TPSA) is 38.7 Å². The van der Waals surface area contributed by atoms with Gasteiger partial charge in [0.25, 0.3) is 0 Å². The first kappa shape index (κ1) is 32.6. The van der Waals surface area contributed by atoms with Crippen molar-refractivity contribution in [2.75, 3.05) is 0 Å². The number of pyridine rings is 1. The van der Waals surface area contributed by atoms with E-state index in [0.717, 1.165) is 61.4 Å². The maximum absolute atomic E-state index is 5.38. The van der Waals surface area contributed by atoms with E-state index >= 15 is 0 Å². The summed E-state index contributed by atoms with van der Waals surface area (Å²) in [6, 6.07) is 70.2. The van der Waals surface area contributed by atoms with Crippen LogP contribution in [0.1, 0.15) is 0 Å².